The fourth-order valence-corrected chi connectivity index (χ4v) is 4.34. The van der Waals surface area contributed by atoms with Crippen molar-refractivity contribution in [2.24, 2.45) is 0 Å². The first-order chi connectivity index (χ1) is 13.6. The van der Waals surface area contributed by atoms with E-state index in [-0.39, 0.29) is 5.91 Å². The summed E-state index contributed by atoms with van der Waals surface area (Å²) in [5.74, 6) is 0.430. The van der Waals surface area contributed by atoms with Crippen molar-refractivity contribution < 1.29 is 9.53 Å². The van der Waals surface area contributed by atoms with Crippen molar-refractivity contribution in [3.05, 3.63) is 53.1 Å². The highest BCUT2D eigenvalue weighted by atomic mass is 35.5. The van der Waals surface area contributed by atoms with Gasteiger partial charge in [0.2, 0.25) is 0 Å². The minimum absolute atomic E-state index is 0.125. The molecule has 1 amide bonds. The van der Waals surface area contributed by atoms with E-state index in [1.165, 1.54) is 11.3 Å². The second kappa shape index (κ2) is 9.37. The Hall–Kier alpha value is -2.15. The maximum absolute atomic E-state index is 13.4. The predicted octanol–water partition coefficient (Wildman–Crippen LogP) is 4.95. The molecule has 3 rings (SSSR count). The third kappa shape index (κ3) is 4.29. The lowest BCUT2D eigenvalue weighted by molar-refractivity contribution is 0.0981. The maximum Gasteiger partial charge on any atom is 0.263 e. The van der Waals surface area contributed by atoms with Crippen LogP contribution >= 0.6 is 22.9 Å². The zero-order valence-electron chi connectivity index (χ0n) is 16.3. The van der Waals surface area contributed by atoms with Crippen molar-refractivity contribution in [1.82, 2.24) is 9.88 Å². The molecule has 148 valence electrons. The number of hydrogen-bond acceptors (Lipinski definition) is 5. The first kappa shape index (κ1) is 20.6. The summed E-state index contributed by atoms with van der Waals surface area (Å²) in [6.07, 6.45) is 0. The Kier molecular flexibility index (Phi) is 6.88. The van der Waals surface area contributed by atoms with Crippen molar-refractivity contribution in [3.63, 3.8) is 0 Å². The summed E-state index contributed by atoms with van der Waals surface area (Å²) in [5.41, 5.74) is 1.25. The van der Waals surface area contributed by atoms with Crippen LogP contribution in [0.25, 0.3) is 10.2 Å². The maximum atomic E-state index is 13.4. The summed E-state index contributed by atoms with van der Waals surface area (Å²) in [4.78, 5) is 22.1. The lowest BCUT2D eigenvalue weighted by Gasteiger charge is -2.25. The largest absolute Gasteiger partial charge is 0.496 e. The van der Waals surface area contributed by atoms with Gasteiger partial charge in [-0.05, 0) is 37.4 Å². The zero-order chi connectivity index (χ0) is 20.1. The van der Waals surface area contributed by atoms with Gasteiger partial charge in [0.25, 0.3) is 5.91 Å². The summed E-state index contributed by atoms with van der Waals surface area (Å²) < 4.78 is 6.36. The number of likely N-dealkylation sites (N-methyl/N-ethyl adjacent to an activating group) is 1. The number of halogens is 1. The van der Waals surface area contributed by atoms with Crippen LogP contribution in [0.5, 0.6) is 5.75 Å². The van der Waals surface area contributed by atoms with E-state index >= 15 is 0 Å². The molecule has 1 aromatic heterocycles. The highest BCUT2D eigenvalue weighted by Crippen LogP contribution is 2.34. The Labute approximate surface area is 174 Å². The van der Waals surface area contributed by atoms with E-state index in [9.17, 15) is 4.79 Å². The lowest BCUT2D eigenvalue weighted by Crippen LogP contribution is -2.39. The van der Waals surface area contributed by atoms with Gasteiger partial charge in [-0.15, -0.1) is 0 Å². The Morgan fingerprint density at radius 3 is 2.54 bits per heavy atom. The molecule has 0 saturated carbocycles. The molecule has 0 unspecified atom stereocenters. The van der Waals surface area contributed by atoms with Crippen molar-refractivity contribution in [2.45, 2.75) is 13.8 Å². The second-order valence-corrected chi connectivity index (χ2v) is 7.68. The summed E-state index contributed by atoms with van der Waals surface area (Å²) in [6, 6.07) is 13.0. The van der Waals surface area contributed by atoms with Gasteiger partial charge in [-0.1, -0.05) is 55.0 Å². The number of methoxy groups -OCH3 is 1. The normalized spacial score (nSPS) is 11.2. The van der Waals surface area contributed by atoms with Gasteiger partial charge in [-0.3, -0.25) is 9.69 Å². The van der Waals surface area contributed by atoms with Crippen molar-refractivity contribution in [3.8, 4) is 5.75 Å². The van der Waals surface area contributed by atoms with Crippen LogP contribution in [-0.4, -0.2) is 49.1 Å². The molecule has 3 aromatic rings. The third-order valence-corrected chi connectivity index (χ3v) is 6.05. The molecule has 0 spiro atoms. The number of benzene rings is 2. The molecule has 0 aliphatic heterocycles. The van der Waals surface area contributed by atoms with Gasteiger partial charge in [0.05, 0.1) is 22.4 Å². The van der Waals surface area contributed by atoms with Crippen molar-refractivity contribution in [1.29, 1.82) is 0 Å². The number of thiazole rings is 1. The Balaban J connectivity index is 2.00. The number of anilines is 1. The van der Waals surface area contributed by atoms with E-state index in [0.717, 1.165) is 29.9 Å². The molecule has 2 aromatic carbocycles. The number of hydrogen-bond donors (Lipinski definition) is 0. The molecule has 5 nitrogen and oxygen atoms in total. The smallest absolute Gasteiger partial charge is 0.263 e. The van der Waals surface area contributed by atoms with E-state index < -0.39 is 0 Å². The monoisotopic (exact) mass is 417 g/mol. The average molecular weight is 418 g/mol. The van der Waals surface area contributed by atoms with Gasteiger partial charge in [0, 0.05) is 13.1 Å². The number of nitrogens with zero attached hydrogens (tertiary/aromatic N) is 3. The molecule has 0 N–H and O–H groups in total. The third-order valence-electron chi connectivity index (χ3n) is 4.71. The van der Waals surface area contributed by atoms with Crippen LogP contribution in [0.3, 0.4) is 0 Å². The molecular formula is C21H24ClN3O2S. The number of fused-ring (bicyclic) bond motifs is 1. The van der Waals surface area contributed by atoms with Gasteiger partial charge in [0.15, 0.2) is 5.13 Å². The highest BCUT2D eigenvalue weighted by molar-refractivity contribution is 7.22. The molecule has 0 bridgehead atoms. The molecule has 0 fully saturated rings. The zero-order valence-corrected chi connectivity index (χ0v) is 17.9. The summed E-state index contributed by atoms with van der Waals surface area (Å²) in [6.45, 7) is 7.39. The van der Waals surface area contributed by atoms with Gasteiger partial charge in [-0.25, -0.2) is 4.98 Å². The number of aromatic nitrogens is 1. The van der Waals surface area contributed by atoms with Crippen LogP contribution < -0.4 is 9.64 Å². The predicted molar refractivity (Wildman–Crippen MR) is 117 cm³/mol. The fraction of sp³-hybridized carbons (Fsp3) is 0.333. The molecular weight excluding hydrogens is 394 g/mol. The highest BCUT2D eigenvalue weighted by Gasteiger charge is 2.24. The van der Waals surface area contributed by atoms with E-state index in [4.69, 9.17) is 16.3 Å². The van der Waals surface area contributed by atoms with Gasteiger partial charge in [-0.2, -0.15) is 0 Å². The number of ether oxygens (including phenoxy) is 1. The molecule has 0 aliphatic rings. The van der Waals surface area contributed by atoms with Crippen LogP contribution in [0, 0.1) is 0 Å². The summed E-state index contributed by atoms with van der Waals surface area (Å²) in [7, 11) is 1.57. The molecule has 7 heteroatoms. The topological polar surface area (TPSA) is 45.7 Å². The number of amides is 1. The first-order valence-corrected chi connectivity index (χ1v) is 10.5. The summed E-state index contributed by atoms with van der Waals surface area (Å²) in [5, 5.41) is 1.24. The average Bonchev–Trinajstić information content (AvgIpc) is 3.16. The first-order valence-electron chi connectivity index (χ1n) is 9.31. The van der Waals surface area contributed by atoms with Gasteiger partial charge in [0.1, 0.15) is 11.3 Å². The van der Waals surface area contributed by atoms with E-state index in [1.54, 1.807) is 24.1 Å². The minimum Gasteiger partial charge on any atom is -0.496 e. The number of carbonyl (C=O) groups is 1. The summed E-state index contributed by atoms with van der Waals surface area (Å²) >= 11 is 7.78. The SMILES string of the molecule is CCN(CC)CCN(C(=O)c1ccccc1OC)c1nc2c(Cl)cccc2s1. The van der Waals surface area contributed by atoms with Crippen molar-refractivity contribution in [2.75, 3.05) is 38.2 Å². The van der Waals surface area contributed by atoms with Crippen LogP contribution in [0.15, 0.2) is 42.5 Å². The van der Waals surface area contributed by atoms with Crippen molar-refractivity contribution >= 4 is 44.2 Å². The van der Waals surface area contributed by atoms with Crippen LogP contribution in [-0.2, 0) is 0 Å². The van der Waals surface area contributed by atoms with Gasteiger partial charge >= 0.3 is 0 Å². The molecule has 0 saturated heterocycles. The molecule has 0 aliphatic carbocycles. The lowest BCUT2D eigenvalue weighted by atomic mass is 10.1. The second-order valence-electron chi connectivity index (χ2n) is 6.27. The number of carbonyl (C=O) groups excluding carboxylic acids is 1. The fourth-order valence-electron chi connectivity index (χ4n) is 3.05. The number of para-hydroxylation sites is 2. The van der Waals surface area contributed by atoms with E-state index in [2.05, 4.69) is 23.7 Å². The molecule has 0 atom stereocenters. The molecule has 28 heavy (non-hydrogen) atoms. The van der Waals surface area contributed by atoms with Gasteiger partial charge < -0.3 is 9.64 Å². The quantitative estimate of drug-likeness (QED) is 0.520. The molecule has 0 radical (unpaired) electrons. The molecule has 1 heterocycles. The Bertz CT molecular complexity index is 956. The number of rotatable bonds is 8. The van der Waals surface area contributed by atoms with E-state index in [0.29, 0.717) is 28.0 Å². The van der Waals surface area contributed by atoms with Crippen LogP contribution in [0.2, 0.25) is 5.02 Å². The van der Waals surface area contributed by atoms with Crippen LogP contribution in [0.4, 0.5) is 5.13 Å². The van der Waals surface area contributed by atoms with Crippen LogP contribution in [0.1, 0.15) is 24.2 Å². The standard InChI is InChI=1S/C21H24ClN3O2S/c1-4-24(5-2)13-14-25(20(26)15-9-6-7-11-17(15)27-3)21-23-19-16(22)10-8-12-18(19)28-21/h6-12H,4-5,13-14H2,1-3H3. The minimum atomic E-state index is -0.125. The Morgan fingerprint density at radius 1 is 1.11 bits per heavy atom. The Morgan fingerprint density at radius 2 is 1.86 bits per heavy atom. The van der Waals surface area contributed by atoms with E-state index in [1.807, 2.05) is 30.3 Å².